The summed E-state index contributed by atoms with van der Waals surface area (Å²) in [5, 5.41) is 2.68. The number of amides is 1. The van der Waals surface area contributed by atoms with Crippen LogP contribution < -0.4 is 5.32 Å². The molecule has 4 heteroatoms. The molecule has 0 saturated carbocycles. The van der Waals surface area contributed by atoms with Gasteiger partial charge in [-0.2, -0.15) is 0 Å². The first-order valence-electron chi connectivity index (χ1n) is 4.84. The number of carbonyl (C=O) groups excluding carboxylic acids is 2. The molecule has 0 aliphatic carbocycles. The summed E-state index contributed by atoms with van der Waals surface area (Å²) in [4.78, 5) is 24.2. The Balaban J connectivity index is 2.25. The van der Waals surface area contributed by atoms with E-state index < -0.39 is 0 Å². The molecule has 0 radical (unpaired) electrons. The molecule has 14 heavy (non-hydrogen) atoms. The number of likely N-dealkylation sites (tertiary alicyclic amines) is 1. The van der Waals surface area contributed by atoms with Gasteiger partial charge in [-0.05, 0) is 13.0 Å². The molecule has 1 aliphatic heterocycles. The van der Waals surface area contributed by atoms with Crippen LogP contribution in [0.15, 0.2) is 12.7 Å². The van der Waals surface area contributed by atoms with Crippen molar-refractivity contribution >= 4 is 11.7 Å². The summed E-state index contributed by atoms with van der Waals surface area (Å²) in [5.74, 6) is 0.187. The van der Waals surface area contributed by atoms with Crippen LogP contribution in [0.1, 0.15) is 12.8 Å². The first-order valence-corrected chi connectivity index (χ1v) is 4.84. The number of hydrogen-bond donors (Lipinski definition) is 1. The second-order valence-corrected chi connectivity index (χ2v) is 3.45. The molecule has 1 rings (SSSR count). The Morgan fingerprint density at radius 3 is 3.07 bits per heavy atom. The van der Waals surface area contributed by atoms with Gasteiger partial charge in [-0.3, -0.25) is 14.5 Å². The zero-order valence-corrected chi connectivity index (χ0v) is 8.29. The standard InChI is InChI=1S/C10H16N2O2/c1-2-5-11-10(14)8-12-6-3-4-9(13)7-12/h2H,1,3-8H2,(H,11,14). The summed E-state index contributed by atoms with van der Waals surface area (Å²) in [6.45, 7) is 5.57. The van der Waals surface area contributed by atoms with Crippen LogP contribution in [0.4, 0.5) is 0 Å². The smallest absolute Gasteiger partial charge is 0.234 e. The average Bonchev–Trinajstić information content (AvgIpc) is 2.15. The Labute approximate surface area is 84.0 Å². The van der Waals surface area contributed by atoms with E-state index in [2.05, 4.69) is 11.9 Å². The topological polar surface area (TPSA) is 49.4 Å². The van der Waals surface area contributed by atoms with E-state index in [-0.39, 0.29) is 11.7 Å². The molecule has 0 aromatic heterocycles. The van der Waals surface area contributed by atoms with Crippen LogP contribution in [-0.2, 0) is 9.59 Å². The summed E-state index contributed by atoms with van der Waals surface area (Å²) in [6, 6.07) is 0. The Hall–Kier alpha value is -1.16. The van der Waals surface area contributed by atoms with Crippen LogP contribution in [0.3, 0.4) is 0 Å². The van der Waals surface area contributed by atoms with E-state index in [0.29, 0.717) is 26.1 Å². The van der Waals surface area contributed by atoms with Gasteiger partial charge < -0.3 is 5.32 Å². The lowest BCUT2D eigenvalue weighted by molar-refractivity contribution is -0.125. The molecule has 0 aromatic rings. The zero-order chi connectivity index (χ0) is 10.4. The van der Waals surface area contributed by atoms with Gasteiger partial charge in [0.1, 0.15) is 5.78 Å². The maximum atomic E-state index is 11.3. The monoisotopic (exact) mass is 196 g/mol. The van der Waals surface area contributed by atoms with E-state index in [0.717, 1.165) is 13.0 Å². The van der Waals surface area contributed by atoms with Gasteiger partial charge in [-0.15, -0.1) is 6.58 Å². The van der Waals surface area contributed by atoms with E-state index in [1.807, 2.05) is 4.90 Å². The predicted molar refractivity (Wildman–Crippen MR) is 53.9 cm³/mol. The largest absolute Gasteiger partial charge is 0.352 e. The Morgan fingerprint density at radius 2 is 2.43 bits per heavy atom. The Morgan fingerprint density at radius 1 is 1.64 bits per heavy atom. The van der Waals surface area contributed by atoms with Crippen molar-refractivity contribution in [3.8, 4) is 0 Å². The van der Waals surface area contributed by atoms with Gasteiger partial charge in [0.25, 0.3) is 0 Å². The SMILES string of the molecule is C=CCNC(=O)CN1CCCC(=O)C1. The number of hydrogen-bond acceptors (Lipinski definition) is 3. The third-order valence-electron chi connectivity index (χ3n) is 2.14. The van der Waals surface area contributed by atoms with Crippen LogP contribution in [0.25, 0.3) is 0 Å². The third kappa shape index (κ3) is 3.70. The number of nitrogens with zero attached hydrogens (tertiary/aromatic N) is 1. The van der Waals surface area contributed by atoms with Gasteiger partial charge in [0.15, 0.2) is 0 Å². The van der Waals surface area contributed by atoms with Gasteiger partial charge in [-0.1, -0.05) is 6.08 Å². The van der Waals surface area contributed by atoms with Crippen molar-refractivity contribution in [2.45, 2.75) is 12.8 Å². The fourth-order valence-electron chi connectivity index (χ4n) is 1.49. The molecule has 78 valence electrons. The molecular weight excluding hydrogens is 180 g/mol. The maximum Gasteiger partial charge on any atom is 0.234 e. The Kier molecular flexibility index (Phi) is 4.32. The molecule has 1 fully saturated rings. The van der Waals surface area contributed by atoms with Crippen LogP contribution in [0.5, 0.6) is 0 Å². The first kappa shape index (κ1) is 10.9. The quantitative estimate of drug-likeness (QED) is 0.641. The summed E-state index contributed by atoms with van der Waals surface area (Å²) in [6.07, 6.45) is 3.16. The predicted octanol–water partition coefficient (Wildman–Crippen LogP) is -0.0465. The highest BCUT2D eigenvalue weighted by atomic mass is 16.2. The number of piperidine rings is 1. The number of ketones is 1. The number of Topliss-reactive ketones (excluding diaryl/α,β-unsaturated/α-hetero) is 1. The highest BCUT2D eigenvalue weighted by Gasteiger charge is 2.18. The van der Waals surface area contributed by atoms with Crippen molar-refractivity contribution in [1.82, 2.24) is 10.2 Å². The van der Waals surface area contributed by atoms with Gasteiger partial charge in [0, 0.05) is 13.0 Å². The van der Waals surface area contributed by atoms with Crippen molar-refractivity contribution in [3.05, 3.63) is 12.7 Å². The number of carbonyl (C=O) groups is 2. The van der Waals surface area contributed by atoms with Crippen LogP contribution in [0.2, 0.25) is 0 Å². The van der Waals surface area contributed by atoms with Gasteiger partial charge >= 0.3 is 0 Å². The second-order valence-electron chi connectivity index (χ2n) is 3.45. The molecule has 1 amide bonds. The molecule has 0 unspecified atom stereocenters. The highest BCUT2D eigenvalue weighted by molar-refractivity contribution is 5.83. The van der Waals surface area contributed by atoms with Crippen LogP contribution in [0, 0.1) is 0 Å². The fourth-order valence-corrected chi connectivity index (χ4v) is 1.49. The lowest BCUT2D eigenvalue weighted by Gasteiger charge is -2.24. The van der Waals surface area contributed by atoms with Crippen molar-refractivity contribution in [3.63, 3.8) is 0 Å². The molecule has 0 bridgehead atoms. The molecule has 1 aliphatic rings. The number of rotatable bonds is 4. The van der Waals surface area contributed by atoms with E-state index in [1.54, 1.807) is 6.08 Å². The minimum atomic E-state index is -0.0420. The summed E-state index contributed by atoms with van der Waals surface area (Å²) >= 11 is 0. The molecule has 1 N–H and O–H groups in total. The molecule has 0 aromatic carbocycles. The van der Waals surface area contributed by atoms with Gasteiger partial charge in [0.2, 0.25) is 5.91 Å². The van der Waals surface area contributed by atoms with Gasteiger partial charge in [0.05, 0.1) is 13.1 Å². The fraction of sp³-hybridized carbons (Fsp3) is 0.600. The van der Waals surface area contributed by atoms with Gasteiger partial charge in [-0.25, -0.2) is 0 Å². The van der Waals surface area contributed by atoms with E-state index in [4.69, 9.17) is 0 Å². The Bertz CT molecular complexity index is 238. The minimum absolute atomic E-state index is 0.0420. The summed E-state index contributed by atoms with van der Waals surface area (Å²) in [5.41, 5.74) is 0. The normalized spacial score (nSPS) is 17.9. The molecule has 0 spiro atoms. The molecule has 0 atom stereocenters. The summed E-state index contributed by atoms with van der Waals surface area (Å²) < 4.78 is 0. The molecular formula is C10H16N2O2. The van der Waals surface area contributed by atoms with Crippen molar-refractivity contribution in [2.24, 2.45) is 0 Å². The molecule has 1 heterocycles. The van der Waals surface area contributed by atoms with E-state index in [9.17, 15) is 9.59 Å². The lowest BCUT2D eigenvalue weighted by Crippen LogP contribution is -2.42. The zero-order valence-electron chi connectivity index (χ0n) is 8.29. The second kappa shape index (κ2) is 5.54. The van der Waals surface area contributed by atoms with Crippen LogP contribution in [-0.4, -0.2) is 42.8 Å². The third-order valence-corrected chi connectivity index (χ3v) is 2.14. The summed E-state index contributed by atoms with van der Waals surface area (Å²) in [7, 11) is 0. The van der Waals surface area contributed by atoms with Crippen molar-refractivity contribution in [2.75, 3.05) is 26.2 Å². The van der Waals surface area contributed by atoms with Crippen molar-refractivity contribution < 1.29 is 9.59 Å². The van der Waals surface area contributed by atoms with E-state index >= 15 is 0 Å². The van der Waals surface area contributed by atoms with E-state index in [1.165, 1.54) is 0 Å². The number of nitrogens with one attached hydrogen (secondary N) is 1. The van der Waals surface area contributed by atoms with Crippen molar-refractivity contribution in [1.29, 1.82) is 0 Å². The lowest BCUT2D eigenvalue weighted by atomic mass is 10.1. The molecule has 1 saturated heterocycles. The highest BCUT2D eigenvalue weighted by Crippen LogP contribution is 2.04. The average molecular weight is 196 g/mol. The minimum Gasteiger partial charge on any atom is -0.352 e. The maximum absolute atomic E-state index is 11.3. The first-order chi connectivity index (χ1) is 6.72. The molecule has 4 nitrogen and oxygen atoms in total. The van der Waals surface area contributed by atoms with Crippen LogP contribution >= 0.6 is 0 Å².